The van der Waals surface area contributed by atoms with Gasteiger partial charge >= 0.3 is 0 Å². The predicted molar refractivity (Wildman–Crippen MR) is 203 cm³/mol. The zero-order chi connectivity index (χ0) is 35.6. The van der Waals surface area contributed by atoms with Crippen LogP contribution in [0.1, 0.15) is 29.3 Å². The molecular weight excluding hydrogens is 715 g/mol. The molecule has 5 aromatic rings. The molecule has 0 radical (unpaired) electrons. The Morgan fingerprint density at radius 2 is 1.70 bits per heavy atom. The summed E-state index contributed by atoms with van der Waals surface area (Å²) in [5.41, 5.74) is 2.87. The maximum atomic E-state index is 13.7. The molecule has 0 bridgehead atoms. The molecule has 0 aliphatic carbocycles. The van der Waals surface area contributed by atoms with Crippen LogP contribution >= 0.6 is 46.3 Å². The fourth-order valence-electron chi connectivity index (χ4n) is 4.67. The van der Waals surface area contributed by atoms with Crippen molar-refractivity contribution in [3.05, 3.63) is 123 Å². The second kappa shape index (κ2) is 17.2. The number of nitrogens with one attached hydrogen (secondary N) is 3. The van der Waals surface area contributed by atoms with E-state index in [2.05, 4.69) is 20.9 Å². The van der Waals surface area contributed by atoms with Crippen LogP contribution in [0.4, 0.5) is 10.8 Å². The van der Waals surface area contributed by atoms with Crippen LogP contribution in [0, 0.1) is 0 Å². The maximum Gasteiger partial charge on any atom is 0.272 e. The number of nitrogens with zero attached hydrogens (tertiary/aromatic N) is 1. The molecule has 0 saturated heterocycles. The third-order valence-electron chi connectivity index (χ3n) is 7.25. The monoisotopic (exact) mass is 746 g/mol. The highest BCUT2D eigenvalue weighted by Gasteiger charge is 2.21. The quantitative estimate of drug-likeness (QED) is 0.0813. The summed E-state index contributed by atoms with van der Waals surface area (Å²) >= 11 is 14.9. The Hall–Kier alpha value is -4.81. The summed E-state index contributed by atoms with van der Waals surface area (Å²) < 4.78 is 10.8. The molecule has 50 heavy (non-hydrogen) atoms. The Bertz CT molecular complexity index is 2040. The third-order valence-corrected chi connectivity index (χ3v) is 10.1. The molecule has 0 aliphatic heterocycles. The molecule has 0 fully saturated rings. The number of aromatic nitrogens is 1. The van der Waals surface area contributed by atoms with E-state index in [1.165, 1.54) is 36.3 Å². The van der Waals surface area contributed by atoms with Gasteiger partial charge in [0.15, 0.2) is 5.13 Å². The molecule has 1 heterocycles. The summed E-state index contributed by atoms with van der Waals surface area (Å²) in [7, 11) is 3.05. The molecule has 5 rings (SSSR count). The Morgan fingerprint density at radius 3 is 2.42 bits per heavy atom. The molecule has 256 valence electrons. The van der Waals surface area contributed by atoms with Gasteiger partial charge in [0.25, 0.3) is 11.8 Å². The Kier molecular flexibility index (Phi) is 12.6. The minimum absolute atomic E-state index is 0.00474. The molecular formula is C37H32Cl2N4O5S2. The van der Waals surface area contributed by atoms with Crippen LogP contribution in [0.2, 0.25) is 10.0 Å². The first-order chi connectivity index (χ1) is 24.2. The summed E-state index contributed by atoms with van der Waals surface area (Å²) in [6.45, 7) is 1.92. The third kappa shape index (κ3) is 9.45. The number of carbonyl (C=O) groups is 3. The number of ether oxygens (including phenoxy) is 2. The zero-order valence-electron chi connectivity index (χ0n) is 27.2. The number of thioether (sulfide) groups is 1. The number of methoxy groups -OCH3 is 2. The summed E-state index contributed by atoms with van der Waals surface area (Å²) in [6.07, 6.45) is 2.08. The summed E-state index contributed by atoms with van der Waals surface area (Å²) in [6, 6.07) is 26.1. The summed E-state index contributed by atoms with van der Waals surface area (Å²) in [4.78, 5) is 45.4. The number of rotatable bonds is 13. The maximum absolute atomic E-state index is 13.7. The first-order valence-corrected chi connectivity index (χ1v) is 17.8. The van der Waals surface area contributed by atoms with Crippen LogP contribution in [0.15, 0.2) is 107 Å². The summed E-state index contributed by atoms with van der Waals surface area (Å²) in [5.74, 6) is -0.185. The SMILES string of the molecule is CCC(Sc1cccc(NC(=O)/C(=C\c2ccc(OC)cc2OC)NC(=O)c2ccccc2)c1)C(=O)Nc1nc(-c2ccc(Cl)c(Cl)c2)cs1. The molecule has 1 atom stereocenters. The van der Waals surface area contributed by atoms with Crippen molar-refractivity contribution in [3.63, 3.8) is 0 Å². The van der Waals surface area contributed by atoms with E-state index in [0.29, 0.717) is 55.6 Å². The van der Waals surface area contributed by atoms with Crippen molar-refractivity contribution in [2.24, 2.45) is 0 Å². The Labute approximate surface area is 308 Å². The van der Waals surface area contributed by atoms with Crippen molar-refractivity contribution in [2.75, 3.05) is 24.9 Å². The predicted octanol–water partition coefficient (Wildman–Crippen LogP) is 9.05. The molecule has 1 aromatic heterocycles. The zero-order valence-corrected chi connectivity index (χ0v) is 30.3. The van der Waals surface area contributed by atoms with Crippen LogP contribution in [-0.4, -0.2) is 42.2 Å². The molecule has 13 heteroatoms. The number of amides is 3. The van der Waals surface area contributed by atoms with Crippen LogP contribution in [0.5, 0.6) is 11.5 Å². The normalized spacial score (nSPS) is 11.7. The first kappa shape index (κ1) is 36.5. The minimum atomic E-state index is -0.555. The van der Waals surface area contributed by atoms with Crippen LogP contribution in [0.3, 0.4) is 0 Å². The highest BCUT2D eigenvalue weighted by molar-refractivity contribution is 8.00. The average molecular weight is 748 g/mol. The smallest absolute Gasteiger partial charge is 0.272 e. The lowest BCUT2D eigenvalue weighted by Gasteiger charge is -2.15. The molecule has 3 amide bonds. The van der Waals surface area contributed by atoms with E-state index >= 15 is 0 Å². The fraction of sp³-hybridized carbons (Fsp3) is 0.135. The average Bonchev–Trinajstić information content (AvgIpc) is 3.60. The molecule has 4 aromatic carbocycles. The van der Waals surface area contributed by atoms with Gasteiger partial charge in [-0.25, -0.2) is 4.98 Å². The molecule has 1 unspecified atom stereocenters. The Balaban J connectivity index is 1.31. The van der Waals surface area contributed by atoms with Crippen LogP contribution in [0.25, 0.3) is 17.3 Å². The molecule has 0 aliphatic rings. The molecule has 9 nitrogen and oxygen atoms in total. The first-order valence-electron chi connectivity index (χ1n) is 15.3. The van der Waals surface area contributed by atoms with Crippen molar-refractivity contribution in [2.45, 2.75) is 23.5 Å². The topological polar surface area (TPSA) is 119 Å². The number of halogens is 2. The molecule has 0 saturated carbocycles. The highest BCUT2D eigenvalue weighted by atomic mass is 35.5. The van der Waals surface area contributed by atoms with E-state index < -0.39 is 17.1 Å². The van der Waals surface area contributed by atoms with Crippen molar-refractivity contribution >= 4 is 80.9 Å². The second-order valence-electron chi connectivity index (χ2n) is 10.6. The second-order valence-corrected chi connectivity index (χ2v) is 13.6. The number of thiazole rings is 1. The van der Waals surface area contributed by atoms with Crippen molar-refractivity contribution in [1.82, 2.24) is 10.3 Å². The standard InChI is InChI=1S/C37H32Cl2N4O5S2/c1-4-33(36(46)43-37-42-31(21-49-37)23-14-16-28(38)29(39)17-23)50-27-12-8-11-25(19-27)40-35(45)30(41-34(44)22-9-6-5-7-10-22)18-24-13-15-26(47-2)20-32(24)48-3/h5-21,33H,4H2,1-3H3,(H,40,45)(H,41,44)(H,42,43,46)/b30-18+. The van der Waals surface area contributed by atoms with Crippen molar-refractivity contribution in [3.8, 4) is 22.8 Å². The van der Waals surface area contributed by atoms with Crippen molar-refractivity contribution < 1.29 is 23.9 Å². The number of anilines is 2. The lowest BCUT2D eigenvalue weighted by molar-refractivity contribution is -0.116. The van der Waals surface area contributed by atoms with E-state index in [4.69, 9.17) is 32.7 Å². The number of hydrogen-bond acceptors (Lipinski definition) is 8. The summed E-state index contributed by atoms with van der Waals surface area (Å²) in [5, 5.41) is 11.3. The van der Waals surface area contributed by atoms with Gasteiger partial charge in [-0.3, -0.25) is 14.4 Å². The number of benzene rings is 4. The van der Waals surface area contributed by atoms with E-state index in [0.717, 1.165) is 10.5 Å². The van der Waals surface area contributed by atoms with Gasteiger partial charge in [0.2, 0.25) is 5.91 Å². The lowest BCUT2D eigenvalue weighted by Crippen LogP contribution is -2.30. The van der Waals surface area contributed by atoms with Gasteiger partial charge in [-0.2, -0.15) is 0 Å². The Morgan fingerprint density at radius 1 is 0.900 bits per heavy atom. The molecule has 3 N–H and O–H groups in total. The van der Waals surface area contributed by atoms with Gasteiger partial charge in [0, 0.05) is 38.7 Å². The van der Waals surface area contributed by atoms with E-state index in [1.54, 1.807) is 86.0 Å². The molecule has 0 spiro atoms. The van der Waals surface area contributed by atoms with Gasteiger partial charge in [-0.05, 0) is 67.1 Å². The van der Waals surface area contributed by atoms with Gasteiger partial charge in [-0.1, -0.05) is 60.5 Å². The van der Waals surface area contributed by atoms with Gasteiger partial charge in [-0.15, -0.1) is 23.1 Å². The minimum Gasteiger partial charge on any atom is -0.497 e. The van der Waals surface area contributed by atoms with Gasteiger partial charge in [0.05, 0.1) is 35.2 Å². The van der Waals surface area contributed by atoms with E-state index in [9.17, 15) is 14.4 Å². The fourth-order valence-corrected chi connectivity index (χ4v) is 6.71. The van der Waals surface area contributed by atoms with E-state index in [-0.39, 0.29) is 11.6 Å². The number of carbonyl (C=O) groups excluding carboxylic acids is 3. The number of hydrogen-bond donors (Lipinski definition) is 3. The largest absolute Gasteiger partial charge is 0.497 e. The van der Waals surface area contributed by atoms with E-state index in [1.807, 2.05) is 24.4 Å². The lowest BCUT2D eigenvalue weighted by atomic mass is 10.1. The van der Waals surface area contributed by atoms with Crippen molar-refractivity contribution in [1.29, 1.82) is 0 Å². The van der Waals surface area contributed by atoms with Gasteiger partial charge in [0.1, 0.15) is 17.2 Å². The highest BCUT2D eigenvalue weighted by Crippen LogP contribution is 2.33. The van der Waals surface area contributed by atoms with Gasteiger partial charge < -0.3 is 25.4 Å². The van der Waals surface area contributed by atoms with Crippen LogP contribution in [-0.2, 0) is 9.59 Å². The van der Waals surface area contributed by atoms with Crippen LogP contribution < -0.4 is 25.4 Å².